The van der Waals surface area contributed by atoms with E-state index in [-0.39, 0.29) is 5.78 Å². The van der Waals surface area contributed by atoms with E-state index in [1.54, 1.807) is 6.20 Å². The molecule has 0 bridgehead atoms. The topological polar surface area (TPSA) is 52.1 Å². The van der Waals surface area contributed by atoms with Crippen LogP contribution < -0.4 is 4.74 Å². The van der Waals surface area contributed by atoms with Crippen LogP contribution >= 0.6 is 0 Å². The van der Waals surface area contributed by atoms with E-state index >= 15 is 0 Å². The molecule has 1 rings (SSSR count). The van der Waals surface area contributed by atoms with Crippen molar-refractivity contribution in [2.75, 3.05) is 7.11 Å². The van der Waals surface area contributed by atoms with Crippen molar-refractivity contribution in [3.8, 4) is 5.88 Å². The van der Waals surface area contributed by atoms with E-state index in [4.69, 9.17) is 4.74 Å². The van der Waals surface area contributed by atoms with Crippen LogP contribution in [-0.4, -0.2) is 22.9 Å². The number of hydrogen-bond acceptors (Lipinski definition) is 4. The smallest absolute Gasteiger partial charge is 0.232 e. The minimum Gasteiger partial charge on any atom is -0.480 e. The number of Topliss-reactive ketones (excluding diaryl/α,β-unsaturated/α-hetero) is 1. The van der Waals surface area contributed by atoms with Gasteiger partial charge in [-0.1, -0.05) is 6.92 Å². The van der Waals surface area contributed by atoms with E-state index in [1.165, 1.54) is 13.3 Å². The Morgan fingerprint density at radius 2 is 2.29 bits per heavy atom. The minimum atomic E-state index is 0.190. The fraction of sp³-hybridized carbons (Fsp3) is 0.500. The van der Waals surface area contributed by atoms with Crippen molar-refractivity contribution in [2.45, 2.75) is 26.2 Å². The zero-order chi connectivity index (χ0) is 10.4. The number of aromatic nitrogens is 2. The van der Waals surface area contributed by atoms with Gasteiger partial charge in [-0.15, -0.1) is 0 Å². The summed E-state index contributed by atoms with van der Waals surface area (Å²) in [4.78, 5) is 19.3. The Balaban J connectivity index is 2.62. The van der Waals surface area contributed by atoms with Gasteiger partial charge >= 0.3 is 0 Å². The summed E-state index contributed by atoms with van der Waals surface area (Å²) in [6.07, 6.45) is 4.93. The molecule has 14 heavy (non-hydrogen) atoms. The summed E-state index contributed by atoms with van der Waals surface area (Å²) in [5.41, 5.74) is 0.669. The third kappa shape index (κ3) is 3.12. The van der Waals surface area contributed by atoms with Gasteiger partial charge in [0.05, 0.1) is 25.4 Å². The highest BCUT2D eigenvalue weighted by atomic mass is 16.5. The molecule has 0 unspecified atom stereocenters. The fourth-order valence-corrected chi connectivity index (χ4v) is 1.14. The van der Waals surface area contributed by atoms with Crippen molar-refractivity contribution in [1.29, 1.82) is 0 Å². The first-order chi connectivity index (χ1) is 6.76. The van der Waals surface area contributed by atoms with E-state index in [2.05, 4.69) is 9.97 Å². The number of carbonyl (C=O) groups is 1. The number of hydrogen-bond donors (Lipinski definition) is 0. The standard InChI is InChI=1S/C10H14N2O2/c1-3-4-9(13)5-8-6-11-7-10(12-8)14-2/h6-7H,3-5H2,1-2H3. The Bertz CT molecular complexity index is 313. The lowest BCUT2D eigenvalue weighted by Crippen LogP contribution is -2.04. The molecule has 0 aromatic carbocycles. The fourth-order valence-electron chi connectivity index (χ4n) is 1.14. The molecule has 0 atom stereocenters. The maximum Gasteiger partial charge on any atom is 0.232 e. The maximum atomic E-state index is 11.3. The highest BCUT2D eigenvalue weighted by Crippen LogP contribution is 2.05. The largest absolute Gasteiger partial charge is 0.480 e. The van der Waals surface area contributed by atoms with E-state index < -0.39 is 0 Å². The number of ketones is 1. The molecule has 0 saturated heterocycles. The van der Waals surface area contributed by atoms with Gasteiger partial charge in [-0.25, -0.2) is 4.98 Å². The predicted molar refractivity (Wildman–Crippen MR) is 52.2 cm³/mol. The normalized spacial score (nSPS) is 9.86. The molecule has 76 valence electrons. The van der Waals surface area contributed by atoms with Crippen LogP contribution in [0.4, 0.5) is 0 Å². The lowest BCUT2D eigenvalue weighted by atomic mass is 10.1. The molecule has 1 heterocycles. The Morgan fingerprint density at radius 1 is 1.50 bits per heavy atom. The summed E-state index contributed by atoms with van der Waals surface area (Å²) in [6, 6.07) is 0. The molecular formula is C10H14N2O2. The Morgan fingerprint density at radius 3 is 2.93 bits per heavy atom. The van der Waals surface area contributed by atoms with Crippen molar-refractivity contribution in [3.05, 3.63) is 18.1 Å². The summed E-state index contributed by atoms with van der Waals surface area (Å²) in [7, 11) is 1.53. The first-order valence-electron chi connectivity index (χ1n) is 4.63. The van der Waals surface area contributed by atoms with Crippen molar-refractivity contribution in [2.24, 2.45) is 0 Å². The van der Waals surface area contributed by atoms with E-state index in [0.717, 1.165) is 6.42 Å². The van der Waals surface area contributed by atoms with Gasteiger partial charge in [-0.2, -0.15) is 0 Å². The first kappa shape index (κ1) is 10.6. The highest BCUT2D eigenvalue weighted by Gasteiger charge is 2.04. The Labute approximate surface area is 83.3 Å². The Hall–Kier alpha value is -1.45. The molecule has 1 aromatic rings. The molecule has 1 aromatic heterocycles. The maximum absolute atomic E-state index is 11.3. The van der Waals surface area contributed by atoms with Crippen molar-refractivity contribution in [1.82, 2.24) is 9.97 Å². The number of ether oxygens (including phenoxy) is 1. The molecule has 0 amide bonds. The number of nitrogens with zero attached hydrogens (tertiary/aromatic N) is 2. The summed E-state index contributed by atoms with van der Waals surface area (Å²) >= 11 is 0. The second-order valence-corrected chi connectivity index (χ2v) is 3.02. The van der Waals surface area contributed by atoms with Crippen LogP contribution in [0, 0.1) is 0 Å². The van der Waals surface area contributed by atoms with Gasteiger partial charge in [0.15, 0.2) is 0 Å². The average Bonchev–Trinajstić information content (AvgIpc) is 2.18. The van der Waals surface area contributed by atoms with Gasteiger partial charge in [0, 0.05) is 12.6 Å². The highest BCUT2D eigenvalue weighted by molar-refractivity contribution is 5.80. The zero-order valence-electron chi connectivity index (χ0n) is 8.49. The second kappa shape index (κ2) is 5.32. The lowest BCUT2D eigenvalue weighted by Gasteiger charge is -2.01. The molecule has 0 aliphatic carbocycles. The van der Waals surface area contributed by atoms with Crippen LogP contribution in [0.3, 0.4) is 0 Å². The molecule has 0 aliphatic rings. The van der Waals surface area contributed by atoms with Gasteiger partial charge in [0.1, 0.15) is 5.78 Å². The van der Waals surface area contributed by atoms with Gasteiger partial charge in [-0.3, -0.25) is 9.78 Å². The Kier molecular flexibility index (Phi) is 4.04. The summed E-state index contributed by atoms with van der Waals surface area (Å²) < 4.78 is 4.91. The lowest BCUT2D eigenvalue weighted by molar-refractivity contribution is -0.118. The third-order valence-corrected chi connectivity index (χ3v) is 1.78. The van der Waals surface area contributed by atoms with Gasteiger partial charge in [0.25, 0.3) is 0 Å². The van der Waals surface area contributed by atoms with Crippen LogP contribution in [0.5, 0.6) is 5.88 Å². The minimum absolute atomic E-state index is 0.190. The van der Waals surface area contributed by atoms with Crippen molar-refractivity contribution in [3.63, 3.8) is 0 Å². The van der Waals surface area contributed by atoms with Gasteiger partial charge < -0.3 is 4.74 Å². The SMILES string of the molecule is CCCC(=O)Cc1cncc(OC)n1. The number of carbonyl (C=O) groups excluding carboxylic acids is 1. The predicted octanol–water partition coefficient (Wildman–Crippen LogP) is 1.40. The molecule has 0 radical (unpaired) electrons. The molecule has 0 saturated carbocycles. The molecule has 0 fully saturated rings. The zero-order valence-corrected chi connectivity index (χ0v) is 8.49. The second-order valence-electron chi connectivity index (χ2n) is 3.02. The number of methoxy groups -OCH3 is 1. The molecule has 4 heteroatoms. The molecular weight excluding hydrogens is 180 g/mol. The van der Waals surface area contributed by atoms with Crippen LogP contribution in [0.15, 0.2) is 12.4 Å². The van der Waals surface area contributed by atoms with E-state index in [0.29, 0.717) is 24.4 Å². The third-order valence-electron chi connectivity index (χ3n) is 1.78. The van der Waals surface area contributed by atoms with Crippen molar-refractivity contribution >= 4 is 5.78 Å². The van der Waals surface area contributed by atoms with Crippen LogP contribution in [0.1, 0.15) is 25.5 Å². The monoisotopic (exact) mass is 194 g/mol. The van der Waals surface area contributed by atoms with Gasteiger partial charge in [-0.05, 0) is 6.42 Å². The molecule has 4 nitrogen and oxygen atoms in total. The molecule has 0 N–H and O–H groups in total. The van der Waals surface area contributed by atoms with E-state index in [9.17, 15) is 4.79 Å². The molecule has 0 spiro atoms. The van der Waals surface area contributed by atoms with Crippen LogP contribution in [0.2, 0.25) is 0 Å². The van der Waals surface area contributed by atoms with Crippen LogP contribution in [0.25, 0.3) is 0 Å². The summed E-state index contributed by atoms with van der Waals surface area (Å²) in [6.45, 7) is 1.98. The van der Waals surface area contributed by atoms with Gasteiger partial charge in [0.2, 0.25) is 5.88 Å². The van der Waals surface area contributed by atoms with E-state index in [1.807, 2.05) is 6.92 Å². The molecule has 0 aliphatic heterocycles. The van der Waals surface area contributed by atoms with Crippen molar-refractivity contribution < 1.29 is 9.53 Å². The quantitative estimate of drug-likeness (QED) is 0.710. The summed E-state index contributed by atoms with van der Waals surface area (Å²) in [5, 5.41) is 0. The van der Waals surface area contributed by atoms with Crippen LogP contribution in [-0.2, 0) is 11.2 Å². The number of rotatable bonds is 5. The average molecular weight is 194 g/mol. The summed E-state index contributed by atoms with van der Waals surface area (Å²) in [5.74, 6) is 0.641. The first-order valence-corrected chi connectivity index (χ1v) is 4.63.